The van der Waals surface area contributed by atoms with E-state index in [1.54, 1.807) is 6.92 Å². The molecule has 0 saturated heterocycles. The third kappa shape index (κ3) is 1.23. The molecule has 0 unspecified atom stereocenters. The molecule has 0 bridgehead atoms. The van der Waals surface area contributed by atoms with E-state index in [1.165, 1.54) is 6.26 Å². The zero-order valence-electron chi connectivity index (χ0n) is 8.55. The SMILES string of the molecule is Cc1cc2occ(C)c(=O)c2cc1C. The maximum absolute atomic E-state index is 11.7. The normalized spacial score (nSPS) is 10.8. The van der Waals surface area contributed by atoms with Crippen LogP contribution in [0.1, 0.15) is 16.7 Å². The summed E-state index contributed by atoms with van der Waals surface area (Å²) in [5, 5.41) is 0.674. The fourth-order valence-corrected chi connectivity index (χ4v) is 1.48. The van der Waals surface area contributed by atoms with Crippen LogP contribution in [0.2, 0.25) is 0 Å². The summed E-state index contributed by atoms with van der Waals surface area (Å²) >= 11 is 0. The van der Waals surface area contributed by atoms with Crippen molar-refractivity contribution in [2.45, 2.75) is 20.8 Å². The van der Waals surface area contributed by atoms with Gasteiger partial charge in [-0.2, -0.15) is 0 Å². The number of fused-ring (bicyclic) bond motifs is 1. The maximum Gasteiger partial charge on any atom is 0.195 e. The van der Waals surface area contributed by atoms with Crippen molar-refractivity contribution in [1.82, 2.24) is 0 Å². The van der Waals surface area contributed by atoms with Gasteiger partial charge in [-0.05, 0) is 44.0 Å². The van der Waals surface area contributed by atoms with Gasteiger partial charge in [0.05, 0.1) is 11.6 Å². The molecule has 0 saturated carbocycles. The van der Waals surface area contributed by atoms with Crippen molar-refractivity contribution < 1.29 is 4.42 Å². The van der Waals surface area contributed by atoms with Gasteiger partial charge >= 0.3 is 0 Å². The second-order valence-electron chi connectivity index (χ2n) is 3.68. The van der Waals surface area contributed by atoms with Crippen LogP contribution >= 0.6 is 0 Å². The molecule has 0 aliphatic rings. The van der Waals surface area contributed by atoms with Crippen molar-refractivity contribution in [1.29, 1.82) is 0 Å². The zero-order chi connectivity index (χ0) is 10.3. The molecule has 0 aliphatic heterocycles. The highest BCUT2D eigenvalue weighted by atomic mass is 16.3. The Hall–Kier alpha value is -1.57. The third-order valence-corrected chi connectivity index (χ3v) is 2.56. The van der Waals surface area contributed by atoms with E-state index in [4.69, 9.17) is 4.42 Å². The quantitative estimate of drug-likeness (QED) is 0.636. The lowest BCUT2D eigenvalue weighted by Crippen LogP contribution is -2.04. The van der Waals surface area contributed by atoms with E-state index in [0.29, 0.717) is 16.5 Å². The van der Waals surface area contributed by atoms with Gasteiger partial charge in [0.1, 0.15) is 5.58 Å². The maximum atomic E-state index is 11.7. The molecular formula is C12H12O2. The smallest absolute Gasteiger partial charge is 0.195 e. The van der Waals surface area contributed by atoms with Crippen LogP contribution in [-0.4, -0.2) is 0 Å². The lowest BCUT2D eigenvalue weighted by Gasteiger charge is -2.02. The van der Waals surface area contributed by atoms with E-state index >= 15 is 0 Å². The van der Waals surface area contributed by atoms with Gasteiger partial charge in [-0.1, -0.05) is 0 Å². The van der Waals surface area contributed by atoms with Crippen LogP contribution in [0.5, 0.6) is 0 Å². The molecule has 2 heteroatoms. The molecule has 0 aliphatic carbocycles. The monoisotopic (exact) mass is 188 g/mol. The average Bonchev–Trinajstić information content (AvgIpc) is 2.15. The van der Waals surface area contributed by atoms with Crippen LogP contribution in [-0.2, 0) is 0 Å². The number of rotatable bonds is 0. The lowest BCUT2D eigenvalue weighted by molar-refractivity contribution is 0.597. The minimum atomic E-state index is 0.0642. The summed E-state index contributed by atoms with van der Waals surface area (Å²) in [4.78, 5) is 11.7. The summed E-state index contributed by atoms with van der Waals surface area (Å²) < 4.78 is 5.36. The van der Waals surface area contributed by atoms with E-state index in [9.17, 15) is 4.79 Å². The molecule has 14 heavy (non-hydrogen) atoms. The molecule has 0 N–H and O–H groups in total. The van der Waals surface area contributed by atoms with Gasteiger partial charge in [-0.25, -0.2) is 0 Å². The first kappa shape index (κ1) is 9.00. The largest absolute Gasteiger partial charge is 0.464 e. The summed E-state index contributed by atoms with van der Waals surface area (Å²) in [5.41, 5.74) is 3.65. The molecule has 2 rings (SSSR count). The third-order valence-electron chi connectivity index (χ3n) is 2.56. The van der Waals surface area contributed by atoms with Gasteiger partial charge in [0.15, 0.2) is 5.43 Å². The molecule has 0 radical (unpaired) electrons. The van der Waals surface area contributed by atoms with E-state index in [-0.39, 0.29) is 5.43 Å². The number of benzene rings is 1. The fourth-order valence-electron chi connectivity index (χ4n) is 1.48. The van der Waals surface area contributed by atoms with Crippen molar-refractivity contribution in [2.24, 2.45) is 0 Å². The first-order valence-corrected chi connectivity index (χ1v) is 4.59. The Bertz CT molecular complexity index is 550. The summed E-state index contributed by atoms with van der Waals surface area (Å²) in [7, 11) is 0. The molecule has 2 aromatic rings. The Morgan fingerprint density at radius 3 is 2.36 bits per heavy atom. The summed E-state index contributed by atoms with van der Waals surface area (Å²) in [6.45, 7) is 5.77. The number of hydrogen-bond acceptors (Lipinski definition) is 2. The topological polar surface area (TPSA) is 30.2 Å². The highest BCUT2D eigenvalue weighted by molar-refractivity contribution is 5.78. The van der Waals surface area contributed by atoms with Crippen molar-refractivity contribution >= 4 is 11.0 Å². The predicted octanol–water partition coefficient (Wildman–Crippen LogP) is 2.72. The van der Waals surface area contributed by atoms with Crippen molar-refractivity contribution in [3.8, 4) is 0 Å². The molecule has 1 aromatic carbocycles. The van der Waals surface area contributed by atoms with Crippen LogP contribution in [0.25, 0.3) is 11.0 Å². The molecule has 0 fully saturated rings. The van der Waals surface area contributed by atoms with Crippen molar-refractivity contribution in [2.75, 3.05) is 0 Å². The minimum Gasteiger partial charge on any atom is -0.464 e. The van der Waals surface area contributed by atoms with Gasteiger partial charge in [-0.15, -0.1) is 0 Å². The van der Waals surface area contributed by atoms with E-state index < -0.39 is 0 Å². The van der Waals surface area contributed by atoms with Gasteiger partial charge < -0.3 is 4.42 Å². The highest BCUT2D eigenvalue weighted by Crippen LogP contribution is 2.16. The van der Waals surface area contributed by atoms with Crippen LogP contribution in [0.4, 0.5) is 0 Å². The van der Waals surface area contributed by atoms with Gasteiger partial charge in [0, 0.05) is 5.56 Å². The number of hydrogen-bond donors (Lipinski definition) is 0. The van der Waals surface area contributed by atoms with E-state index in [1.807, 2.05) is 26.0 Å². The molecule has 1 aromatic heterocycles. The van der Waals surface area contributed by atoms with E-state index in [0.717, 1.165) is 11.1 Å². The zero-order valence-corrected chi connectivity index (χ0v) is 8.55. The Kier molecular flexibility index (Phi) is 1.92. The van der Waals surface area contributed by atoms with Crippen LogP contribution in [0.15, 0.2) is 27.6 Å². The molecule has 0 atom stereocenters. The second-order valence-corrected chi connectivity index (χ2v) is 3.68. The highest BCUT2D eigenvalue weighted by Gasteiger charge is 2.05. The average molecular weight is 188 g/mol. The first-order valence-electron chi connectivity index (χ1n) is 4.59. The van der Waals surface area contributed by atoms with Gasteiger partial charge in [-0.3, -0.25) is 4.79 Å². The Morgan fingerprint density at radius 2 is 1.64 bits per heavy atom. The molecular weight excluding hydrogens is 176 g/mol. The predicted molar refractivity (Wildman–Crippen MR) is 56.7 cm³/mol. The first-order chi connectivity index (χ1) is 6.59. The molecule has 0 spiro atoms. The lowest BCUT2D eigenvalue weighted by atomic mass is 10.1. The van der Waals surface area contributed by atoms with Crippen LogP contribution in [0, 0.1) is 20.8 Å². The Morgan fingerprint density at radius 1 is 1.00 bits per heavy atom. The second kappa shape index (κ2) is 2.98. The summed E-state index contributed by atoms with van der Waals surface area (Å²) in [5.74, 6) is 0. The van der Waals surface area contributed by atoms with Crippen LogP contribution in [0.3, 0.4) is 0 Å². The number of aryl methyl sites for hydroxylation is 3. The fraction of sp³-hybridized carbons (Fsp3) is 0.250. The molecule has 0 amide bonds. The minimum absolute atomic E-state index is 0.0642. The molecule has 72 valence electrons. The molecule has 1 heterocycles. The van der Waals surface area contributed by atoms with Gasteiger partial charge in [0.2, 0.25) is 0 Å². The van der Waals surface area contributed by atoms with Crippen molar-refractivity contribution in [3.63, 3.8) is 0 Å². The standard InChI is InChI=1S/C12H12O2/c1-7-4-10-11(5-8(7)2)14-6-9(3)12(10)13/h4-6H,1-3H3. The summed E-state index contributed by atoms with van der Waals surface area (Å²) in [6.07, 6.45) is 1.51. The van der Waals surface area contributed by atoms with Crippen molar-refractivity contribution in [3.05, 3.63) is 45.3 Å². The Balaban J connectivity index is 2.97. The molecule has 2 nitrogen and oxygen atoms in total. The van der Waals surface area contributed by atoms with E-state index in [2.05, 4.69) is 0 Å². The Labute approximate surface area is 82.2 Å². The summed E-state index contributed by atoms with van der Waals surface area (Å²) in [6, 6.07) is 3.80. The van der Waals surface area contributed by atoms with Crippen LogP contribution < -0.4 is 5.43 Å². The van der Waals surface area contributed by atoms with Gasteiger partial charge in [0.25, 0.3) is 0 Å².